The number of hydrogen-bond donors (Lipinski definition) is 1. The first-order valence-corrected chi connectivity index (χ1v) is 8.74. The van der Waals surface area contributed by atoms with Crippen molar-refractivity contribution in [2.24, 2.45) is 0 Å². The van der Waals surface area contributed by atoms with Crippen molar-refractivity contribution in [2.75, 3.05) is 5.32 Å². The number of fused-ring (bicyclic) bond motifs is 1. The zero-order valence-corrected chi connectivity index (χ0v) is 15.1. The third-order valence-corrected chi connectivity index (χ3v) is 4.62. The monoisotopic (exact) mass is 375 g/mol. The zero-order chi connectivity index (χ0) is 19.7. The fraction of sp³-hybridized carbons (Fsp3) is 0.150. The van der Waals surface area contributed by atoms with Gasteiger partial charge in [0.15, 0.2) is 0 Å². The smallest absolute Gasteiger partial charge is 0.262 e. The van der Waals surface area contributed by atoms with Crippen LogP contribution in [0.4, 0.5) is 5.69 Å². The van der Waals surface area contributed by atoms with Crippen molar-refractivity contribution in [1.29, 1.82) is 0 Å². The molecule has 0 bridgehead atoms. The molecule has 2 aromatic carbocycles. The number of amides is 3. The topological polar surface area (TPSA) is 97.2 Å². The van der Waals surface area contributed by atoms with E-state index in [1.807, 2.05) is 12.1 Å². The highest BCUT2D eigenvalue weighted by Gasteiger charge is 2.40. The maximum atomic E-state index is 12.6. The van der Waals surface area contributed by atoms with Gasteiger partial charge >= 0.3 is 0 Å². The molecule has 1 N–H and O–H groups in total. The summed E-state index contributed by atoms with van der Waals surface area (Å²) in [4.78, 5) is 42.5. The predicted octanol–water partition coefficient (Wildman–Crippen LogP) is 1.95. The fourth-order valence-electron chi connectivity index (χ4n) is 3.12. The number of rotatable bonds is 5. The van der Waals surface area contributed by atoms with Crippen LogP contribution in [0, 0.1) is 0 Å². The molecule has 0 saturated heterocycles. The molecule has 1 aliphatic heterocycles. The number of carbonyl (C=O) groups is 3. The number of nitrogens with one attached hydrogen (secondary N) is 1. The van der Waals surface area contributed by atoms with Crippen molar-refractivity contribution < 1.29 is 14.4 Å². The SMILES string of the molecule is CC(C(=O)Nc1ccc(Cn2cncn2)cc1)N1C(=O)c2ccccc2C1=O. The van der Waals surface area contributed by atoms with Gasteiger partial charge in [-0.25, -0.2) is 9.67 Å². The lowest BCUT2D eigenvalue weighted by Crippen LogP contribution is -2.45. The number of nitrogens with zero attached hydrogens (tertiary/aromatic N) is 4. The Hall–Kier alpha value is -3.81. The Morgan fingerprint density at radius 2 is 1.68 bits per heavy atom. The van der Waals surface area contributed by atoms with Gasteiger partial charge in [-0.15, -0.1) is 0 Å². The van der Waals surface area contributed by atoms with Gasteiger partial charge in [-0.3, -0.25) is 19.3 Å². The highest BCUT2D eigenvalue weighted by molar-refractivity contribution is 6.23. The first-order chi connectivity index (χ1) is 13.5. The van der Waals surface area contributed by atoms with Crippen LogP contribution in [0.5, 0.6) is 0 Å². The van der Waals surface area contributed by atoms with E-state index in [1.54, 1.807) is 47.4 Å². The molecule has 0 radical (unpaired) electrons. The lowest BCUT2D eigenvalue weighted by molar-refractivity contribution is -0.119. The average molecular weight is 375 g/mol. The van der Waals surface area contributed by atoms with Crippen LogP contribution >= 0.6 is 0 Å². The zero-order valence-electron chi connectivity index (χ0n) is 15.1. The summed E-state index contributed by atoms with van der Waals surface area (Å²) >= 11 is 0. The minimum absolute atomic E-state index is 0.324. The molecule has 0 saturated carbocycles. The summed E-state index contributed by atoms with van der Waals surface area (Å²) in [5.41, 5.74) is 2.22. The van der Waals surface area contributed by atoms with Crippen LogP contribution in [0.3, 0.4) is 0 Å². The molecule has 8 heteroatoms. The molecule has 3 aromatic rings. The molecule has 2 heterocycles. The minimum Gasteiger partial charge on any atom is -0.324 e. The summed E-state index contributed by atoms with van der Waals surface area (Å²) in [5, 5.41) is 6.80. The molecular weight excluding hydrogens is 358 g/mol. The Kier molecular flexibility index (Phi) is 4.44. The van der Waals surface area contributed by atoms with E-state index in [9.17, 15) is 14.4 Å². The van der Waals surface area contributed by atoms with Crippen LogP contribution < -0.4 is 5.32 Å². The van der Waals surface area contributed by atoms with Crippen molar-refractivity contribution in [2.45, 2.75) is 19.5 Å². The number of carbonyl (C=O) groups excluding carboxylic acids is 3. The molecule has 8 nitrogen and oxygen atoms in total. The van der Waals surface area contributed by atoms with E-state index in [4.69, 9.17) is 0 Å². The standard InChI is InChI=1S/C20H17N5O3/c1-13(25-19(27)16-4-2-3-5-17(16)20(25)28)18(26)23-15-8-6-14(7-9-15)10-24-12-21-11-22-24/h2-9,11-13H,10H2,1H3,(H,23,26). The summed E-state index contributed by atoms with van der Waals surface area (Å²) in [6.07, 6.45) is 3.09. The molecule has 1 aromatic heterocycles. The van der Waals surface area contributed by atoms with Crippen LogP contribution in [0.15, 0.2) is 61.2 Å². The fourth-order valence-corrected chi connectivity index (χ4v) is 3.12. The van der Waals surface area contributed by atoms with E-state index in [0.717, 1.165) is 10.5 Å². The predicted molar refractivity (Wildman–Crippen MR) is 101 cm³/mol. The first-order valence-electron chi connectivity index (χ1n) is 8.74. The lowest BCUT2D eigenvalue weighted by atomic mass is 10.1. The molecule has 1 aliphatic rings. The van der Waals surface area contributed by atoms with Gasteiger partial charge in [-0.05, 0) is 36.8 Å². The molecule has 140 valence electrons. The molecular formula is C20H17N5O3. The molecule has 1 atom stereocenters. The van der Waals surface area contributed by atoms with E-state index >= 15 is 0 Å². The quantitative estimate of drug-likeness (QED) is 0.688. The largest absolute Gasteiger partial charge is 0.324 e. The van der Waals surface area contributed by atoms with E-state index in [2.05, 4.69) is 15.4 Å². The van der Waals surface area contributed by atoms with E-state index in [1.165, 1.54) is 13.3 Å². The van der Waals surface area contributed by atoms with E-state index in [0.29, 0.717) is 23.4 Å². The second-order valence-corrected chi connectivity index (χ2v) is 6.48. The Labute approximate surface area is 160 Å². The van der Waals surface area contributed by atoms with Gasteiger partial charge in [-0.2, -0.15) is 5.10 Å². The van der Waals surface area contributed by atoms with Crippen LogP contribution in [-0.4, -0.2) is 43.4 Å². The molecule has 1 unspecified atom stereocenters. The summed E-state index contributed by atoms with van der Waals surface area (Å²) in [7, 11) is 0. The number of anilines is 1. The van der Waals surface area contributed by atoms with Crippen LogP contribution in [-0.2, 0) is 11.3 Å². The summed E-state index contributed by atoms with van der Waals surface area (Å²) in [6.45, 7) is 2.11. The van der Waals surface area contributed by atoms with Gasteiger partial charge in [-0.1, -0.05) is 24.3 Å². The number of aromatic nitrogens is 3. The minimum atomic E-state index is -0.928. The summed E-state index contributed by atoms with van der Waals surface area (Å²) in [5.74, 6) is -1.34. The highest BCUT2D eigenvalue weighted by atomic mass is 16.2. The molecule has 0 fully saturated rings. The van der Waals surface area contributed by atoms with E-state index in [-0.39, 0.29) is 0 Å². The van der Waals surface area contributed by atoms with Crippen LogP contribution in [0.1, 0.15) is 33.2 Å². The highest BCUT2D eigenvalue weighted by Crippen LogP contribution is 2.25. The number of hydrogen-bond acceptors (Lipinski definition) is 5. The summed E-state index contributed by atoms with van der Waals surface area (Å²) in [6, 6.07) is 12.9. The first kappa shape index (κ1) is 17.6. The summed E-state index contributed by atoms with van der Waals surface area (Å²) < 4.78 is 1.69. The maximum absolute atomic E-state index is 12.6. The Morgan fingerprint density at radius 1 is 1.04 bits per heavy atom. The molecule has 4 rings (SSSR count). The number of benzene rings is 2. The molecule has 0 aliphatic carbocycles. The third kappa shape index (κ3) is 3.16. The van der Waals surface area contributed by atoms with E-state index < -0.39 is 23.8 Å². The maximum Gasteiger partial charge on any atom is 0.262 e. The van der Waals surface area contributed by atoms with Crippen LogP contribution in [0.25, 0.3) is 0 Å². The van der Waals surface area contributed by atoms with Crippen LogP contribution in [0.2, 0.25) is 0 Å². The Bertz CT molecular complexity index is 1010. The molecule has 3 amide bonds. The Balaban J connectivity index is 1.44. The second-order valence-electron chi connectivity index (χ2n) is 6.48. The van der Waals surface area contributed by atoms with Crippen molar-refractivity contribution >= 4 is 23.4 Å². The third-order valence-electron chi connectivity index (χ3n) is 4.62. The average Bonchev–Trinajstić information content (AvgIpc) is 3.30. The van der Waals surface area contributed by atoms with Gasteiger partial charge in [0.2, 0.25) is 5.91 Å². The normalized spacial score (nSPS) is 14.1. The number of imide groups is 1. The lowest BCUT2D eigenvalue weighted by Gasteiger charge is -2.21. The van der Waals surface area contributed by atoms with Gasteiger partial charge in [0.1, 0.15) is 18.7 Å². The van der Waals surface area contributed by atoms with Gasteiger partial charge in [0.05, 0.1) is 17.7 Å². The van der Waals surface area contributed by atoms with Gasteiger partial charge in [0.25, 0.3) is 11.8 Å². The van der Waals surface area contributed by atoms with Gasteiger partial charge in [0, 0.05) is 5.69 Å². The molecule has 28 heavy (non-hydrogen) atoms. The molecule has 0 spiro atoms. The van der Waals surface area contributed by atoms with Crippen molar-refractivity contribution in [3.63, 3.8) is 0 Å². The van der Waals surface area contributed by atoms with Crippen molar-refractivity contribution in [3.05, 3.63) is 77.9 Å². The van der Waals surface area contributed by atoms with Crippen molar-refractivity contribution in [1.82, 2.24) is 19.7 Å². The van der Waals surface area contributed by atoms with Crippen molar-refractivity contribution in [3.8, 4) is 0 Å². The van der Waals surface area contributed by atoms with Gasteiger partial charge < -0.3 is 5.32 Å². The Morgan fingerprint density at radius 3 is 2.25 bits per heavy atom. The second kappa shape index (κ2) is 7.07.